The zero-order valence-corrected chi connectivity index (χ0v) is 16.6. The summed E-state index contributed by atoms with van der Waals surface area (Å²) < 4.78 is 2.26. The number of fused-ring (bicyclic) bond motifs is 2. The van der Waals surface area contributed by atoms with Crippen LogP contribution >= 0.6 is 0 Å². The van der Waals surface area contributed by atoms with Crippen LogP contribution in [0.25, 0.3) is 32.9 Å². The molecule has 2 fully saturated rings. The summed E-state index contributed by atoms with van der Waals surface area (Å²) in [7, 11) is 0. The predicted octanol–water partition coefficient (Wildman–Crippen LogP) is 4.45. The number of hydrogen-bond donors (Lipinski definition) is 2. The number of anilines is 1. The highest BCUT2D eigenvalue weighted by Crippen LogP contribution is 2.40. The number of benzene rings is 2. The number of amides is 1. The first-order valence-corrected chi connectivity index (χ1v) is 10.6. The van der Waals surface area contributed by atoms with Crippen LogP contribution in [0.15, 0.2) is 48.9 Å². The fourth-order valence-electron chi connectivity index (χ4n) is 4.41. The van der Waals surface area contributed by atoms with E-state index in [1.54, 1.807) is 6.33 Å². The molecule has 0 spiro atoms. The lowest BCUT2D eigenvalue weighted by atomic mass is 9.93. The van der Waals surface area contributed by atoms with E-state index in [1.807, 2.05) is 18.2 Å². The highest BCUT2D eigenvalue weighted by Gasteiger charge is 2.26. The maximum Gasteiger partial charge on any atom is 0.252 e. The summed E-state index contributed by atoms with van der Waals surface area (Å²) in [6.07, 6.45) is 9.47. The molecule has 2 aromatic carbocycles. The number of rotatable bonds is 4. The monoisotopic (exact) mass is 397 g/mol. The van der Waals surface area contributed by atoms with Gasteiger partial charge in [0.2, 0.25) is 0 Å². The standard InChI is InChI=1S/C24H23N5O/c25-22-21-20(12-29(17-4-2-5-17)23(21)27-13-26-22)15-7-10-18-14(11-15)3-1-6-19(18)24(30)28-16-8-9-16/h1,3,6-7,10-13,16-17H,2,4-5,8-9H2,(H,28,30)(H2,25,26,27). The van der Waals surface area contributed by atoms with Crippen molar-refractivity contribution in [2.75, 3.05) is 5.73 Å². The fourth-order valence-corrected chi connectivity index (χ4v) is 4.41. The van der Waals surface area contributed by atoms with E-state index in [2.05, 4.69) is 44.2 Å². The molecule has 0 unspecified atom stereocenters. The van der Waals surface area contributed by atoms with Crippen molar-refractivity contribution in [2.45, 2.75) is 44.2 Å². The maximum atomic E-state index is 12.7. The average molecular weight is 397 g/mol. The first-order chi connectivity index (χ1) is 14.7. The molecule has 4 aromatic rings. The molecule has 2 heterocycles. The fraction of sp³-hybridized carbons (Fsp3) is 0.292. The van der Waals surface area contributed by atoms with Crippen LogP contribution in [0.5, 0.6) is 0 Å². The number of carbonyl (C=O) groups excluding carboxylic acids is 1. The van der Waals surface area contributed by atoms with Crippen LogP contribution in [0.2, 0.25) is 0 Å². The highest BCUT2D eigenvalue weighted by atomic mass is 16.1. The van der Waals surface area contributed by atoms with E-state index >= 15 is 0 Å². The molecule has 2 aliphatic rings. The number of nitrogens with two attached hydrogens (primary N) is 1. The molecule has 0 aliphatic heterocycles. The summed E-state index contributed by atoms with van der Waals surface area (Å²) >= 11 is 0. The molecule has 6 heteroatoms. The molecule has 6 rings (SSSR count). The SMILES string of the molecule is Nc1ncnc2c1c(-c1ccc3c(C(=O)NC4CC4)cccc3c1)cn2C1CCC1. The van der Waals surface area contributed by atoms with Crippen molar-refractivity contribution in [1.29, 1.82) is 0 Å². The van der Waals surface area contributed by atoms with Gasteiger partial charge in [-0.05, 0) is 60.6 Å². The van der Waals surface area contributed by atoms with Crippen LogP contribution in [-0.2, 0) is 0 Å². The van der Waals surface area contributed by atoms with E-state index in [0.717, 1.165) is 51.3 Å². The van der Waals surface area contributed by atoms with E-state index in [4.69, 9.17) is 5.73 Å². The van der Waals surface area contributed by atoms with Crippen LogP contribution in [-0.4, -0.2) is 26.5 Å². The number of carbonyl (C=O) groups is 1. The molecule has 2 aromatic heterocycles. The van der Waals surface area contributed by atoms with Crippen molar-refractivity contribution >= 4 is 33.5 Å². The maximum absolute atomic E-state index is 12.7. The van der Waals surface area contributed by atoms with Crippen LogP contribution in [0.3, 0.4) is 0 Å². The second-order valence-electron chi connectivity index (χ2n) is 8.48. The van der Waals surface area contributed by atoms with Gasteiger partial charge in [0.1, 0.15) is 17.8 Å². The Labute approximate surface area is 174 Å². The van der Waals surface area contributed by atoms with Gasteiger partial charge in [0.15, 0.2) is 0 Å². The third-order valence-corrected chi connectivity index (χ3v) is 6.46. The zero-order chi connectivity index (χ0) is 20.2. The molecule has 2 aliphatic carbocycles. The minimum absolute atomic E-state index is 0.00933. The molecule has 6 nitrogen and oxygen atoms in total. The van der Waals surface area contributed by atoms with Gasteiger partial charge in [0, 0.05) is 29.4 Å². The molecule has 0 bridgehead atoms. The number of nitrogens with one attached hydrogen (secondary N) is 1. The average Bonchev–Trinajstić information content (AvgIpc) is 3.45. The van der Waals surface area contributed by atoms with Crippen LogP contribution < -0.4 is 11.1 Å². The van der Waals surface area contributed by atoms with E-state index < -0.39 is 0 Å². The predicted molar refractivity (Wildman–Crippen MR) is 118 cm³/mol. The Kier molecular flexibility index (Phi) is 3.81. The van der Waals surface area contributed by atoms with Crippen molar-refractivity contribution in [2.24, 2.45) is 0 Å². The third-order valence-electron chi connectivity index (χ3n) is 6.46. The Bertz CT molecular complexity index is 1300. The topological polar surface area (TPSA) is 85.8 Å². The van der Waals surface area contributed by atoms with Crippen LogP contribution in [0.4, 0.5) is 5.82 Å². The Morgan fingerprint density at radius 3 is 2.73 bits per heavy atom. The molecule has 3 N–H and O–H groups in total. The van der Waals surface area contributed by atoms with E-state index in [0.29, 0.717) is 17.9 Å². The summed E-state index contributed by atoms with van der Waals surface area (Å²) in [4.78, 5) is 21.4. The first-order valence-electron chi connectivity index (χ1n) is 10.6. The van der Waals surface area contributed by atoms with Gasteiger partial charge in [-0.1, -0.05) is 24.3 Å². The van der Waals surface area contributed by atoms with Gasteiger partial charge in [-0.3, -0.25) is 4.79 Å². The summed E-state index contributed by atoms with van der Waals surface area (Å²) in [6, 6.07) is 13.0. The van der Waals surface area contributed by atoms with Crippen molar-refractivity contribution in [3.63, 3.8) is 0 Å². The second kappa shape index (κ2) is 6.55. The molecular weight excluding hydrogens is 374 g/mol. The van der Waals surface area contributed by atoms with E-state index in [-0.39, 0.29) is 5.91 Å². The second-order valence-corrected chi connectivity index (χ2v) is 8.48. The summed E-state index contributed by atoms with van der Waals surface area (Å²) in [6.45, 7) is 0. The van der Waals surface area contributed by atoms with Crippen molar-refractivity contribution < 1.29 is 4.79 Å². The minimum Gasteiger partial charge on any atom is -0.383 e. The smallest absolute Gasteiger partial charge is 0.252 e. The summed E-state index contributed by atoms with van der Waals surface area (Å²) in [5.74, 6) is 0.515. The lowest BCUT2D eigenvalue weighted by Crippen LogP contribution is -2.25. The molecule has 2 saturated carbocycles. The van der Waals surface area contributed by atoms with Gasteiger partial charge in [-0.15, -0.1) is 0 Å². The molecule has 30 heavy (non-hydrogen) atoms. The Balaban J connectivity index is 1.49. The number of nitrogens with zero attached hydrogens (tertiary/aromatic N) is 3. The van der Waals surface area contributed by atoms with Crippen molar-refractivity contribution in [3.05, 3.63) is 54.5 Å². The molecule has 0 atom stereocenters. The van der Waals surface area contributed by atoms with Crippen LogP contribution in [0, 0.1) is 0 Å². The van der Waals surface area contributed by atoms with Gasteiger partial charge >= 0.3 is 0 Å². The van der Waals surface area contributed by atoms with Gasteiger partial charge in [-0.25, -0.2) is 9.97 Å². The quantitative estimate of drug-likeness (QED) is 0.533. The number of aromatic nitrogens is 3. The molecule has 1 amide bonds. The normalized spacial score (nSPS) is 16.7. The molecule has 0 radical (unpaired) electrons. The lowest BCUT2D eigenvalue weighted by Gasteiger charge is -2.27. The van der Waals surface area contributed by atoms with Gasteiger partial charge in [-0.2, -0.15) is 0 Å². The molecule has 150 valence electrons. The largest absolute Gasteiger partial charge is 0.383 e. The van der Waals surface area contributed by atoms with Crippen molar-refractivity contribution in [1.82, 2.24) is 19.9 Å². The zero-order valence-electron chi connectivity index (χ0n) is 16.6. The van der Waals surface area contributed by atoms with E-state index in [9.17, 15) is 4.79 Å². The van der Waals surface area contributed by atoms with E-state index in [1.165, 1.54) is 19.3 Å². The number of nitrogen functional groups attached to an aromatic ring is 1. The van der Waals surface area contributed by atoms with Gasteiger partial charge in [0.05, 0.1) is 5.39 Å². The summed E-state index contributed by atoms with van der Waals surface area (Å²) in [5, 5.41) is 6.00. The molecule has 0 saturated heterocycles. The van der Waals surface area contributed by atoms with Gasteiger partial charge < -0.3 is 15.6 Å². The Morgan fingerprint density at radius 2 is 1.97 bits per heavy atom. The minimum atomic E-state index is 0.00933. The van der Waals surface area contributed by atoms with Crippen molar-refractivity contribution in [3.8, 4) is 11.1 Å². The Hall–Kier alpha value is -3.41. The van der Waals surface area contributed by atoms with Crippen LogP contribution in [0.1, 0.15) is 48.5 Å². The first kappa shape index (κ1) is 17.4. The third kappa shape index (κ3) is 2.75. The molecular formula is C24H23N5O. The Morgan fingerprint density at radius 1 is 1.10 bits per heavy atom. The lowest BCUT2D eigenvalue weighted by molar-refractivity contribution is 0.0952. The highest BCUT2D eigenvalue weighted by molar-refractivity contribution is 6.09. The summed E-state index contributed by atoms with van der Waals surface area (Å²) in [5.41, 5.74) is 10.0. The van der Waals surface area contributed by atoms with Gasteiger partial charge in [0.25, 0.3) is 5.91 Å². The number of hydrogen-bond acceptors (Lipinski definition) is 4.